The van der Waals surface area contributed by atoms with Crippen LogP contribution in [0.15, 0.2) is 12.3 Å². The van der Waals surface area contributed by atoms with E-state index in [-0.39, 0.29) is 5.60 Å². The molecule has 118 valence electrons. The van der Waals surface area contributed by atoms with Crippen LogP contribution in [-0.2, 0) is 11.2 Å². The Balaban J connectivity index is 1.42. The van der Waals surface area contributed by atoms with Crippen molar-refractivity contribution in [1.29, 1.82) is 0 Å². The molecule has 0 saturated carbocycles. The number of anilines is 1. The third kappa shape index (κ3) is 1.95. The normalized spacial score (nSPS) is 36.5. The zero-order valence-electron chi connectivity index (χ0n) is 13.0. The monoisotopic (exact) mass is 301 g/mol. The van der Waals surface area contributed by atoms with Crippen LogP contribution >= 0.6 is 0 Å². The van der Waals surface area contributed by atoms with E-state index < -0.39 is 0 Å². The van der Waals surface area contributed by atoms with Gasteiger partial charge in [0.1, 0.15) is 5.60 Å². The van der Waals surface area contributed by atoms with Gasteiger partial charge in [0.25, 0.3) is 0 Å². The van der Waals surface area contributed by atoms with Crippen molar-refractivity contribution in [2.24, 2.45) is 5.92 Å². The first-order valence-corrected chi connectivity index (χ1v) is 8.55. The maximum absolute atomic E-state index is 6.42. The molecular formula is C17H23N3O2. The maximum Gasteiger partial charge on any atom is 0.217 e. The number of piperidine rings is 3. The first kappa shape index (κ1) is 13.1. The summed E-state index contributed by atoms with van der Waals surface area (Å²) in [5, 5.41) is 0. The molecular weight excluding hydrogens is 278 g/mol. The summed E-state index contributed by atoms with van der Waals surface area (Å²) >= 11 is 0. The molecule has 4 saturated heterocycles. The molecule has 1 aromatic rings. The van der Waals surface area contributed by atoms with Crippen molar-refractivity contribution in [1.82, 2.24) is 9.88 Å². The Bertz CT molecular complexity index is 579. The third-order valence-corrected chi connectivity index (χ3v) is 5.90. The van der Waals surface area contributed by atoms with E-state index in [4.69, 9.17) is 9.47 Å². The van der Waals surface area contributed by atoms with Gasteiger partial charge in [0.15, 0.2) is 0 Å². The number of pyridine rings is 1. The molecule has 4 fully saturated rings. The van der Waals surface area contributed by atoms with Gasteiger partial charge in [-0.3, -0.25) is 4.90 Å². The number of ether oxygens (including phenoxy) is 2. The molecule has 5 nitrogen and oxygen atoms in total. The van der Waals surface area contributed by atoms with E-state index in [1.807, 2.05) is 6.20 Å². The van der Waals surface area contributed by atoms with Crippen LogP contribution in [0.2, 0.25) is 0 Å². The first-order chi connectivity index (χ1) is 10.8. The summed E-state index contributed by atoms with van der Waals surface area (Å²) in [5.74, 6) is 1.59. The summed E-state index contributed by atoms with van der Waals surface area (Å²) in [5.41, 5.74) is 2.54. The third-order valence-electron chi connectivity index (χ3n) is 5.90. The number of hydrogen-bond donors (Lipinski definition) is 0. The highest BCUT2D eigenvalue weighted by atomic mass is 16.5. The quantitative estimate of drug-likeness (QED) is 0.782. The zero-order valence-corrected chi connectivity index (χ0v) is 13.0. The number of aromatic nitrogens is 1. The lowest BCUT2D eigenvalue weighted by molar-refractivity contribution is -0.0814. The molecule has 0 aromatic carbocycles. The minimum atomic E-state index is 0.00939. The summed E-state index contributed by atoms with van der Waals surface area (Å²) < 4.78 is 11.9. The number of morpholine rings is 1. The van der Waals surface area contributed by atoms with Gasteiger partial charge in [0.2, 0.25) is 5.88 Å². The molecule has 1 aromatic heterocycles. The van der Waals surface area contributed by atoms with Gasteiger partial charge in [0.05, 0.1) is 25.1 Å². The second kappa shape index (κ2) is 4.83. The van der Waals surface area contributed by atoms with Gasteiger partial charge in [-0.05, 0) is 32.0 Å². The van der Waals surface area contributed by atoms with E-state index in [0.29, 0.717) is 5.92 Å². The topological polar surface area (TPSA) is 37.8 Å². The Morgan fingerprint density at radius 3 is 2.68 bits per heavy atom. The van der Waals surface area contributed by atoms with Crippen molar-refractivity contribution in [2.75, 3.05) is 50.8 Å². The maximum atomic E-state index is 6.42. The minimum Gasteiger partial charge on any atom is -0.469 e. The van der Waals surface area contributed by atoms with Crippen LogP contribution < -0.4 is 9.64 Å². The Labute approximate surface area is 131 Å². The lowest BCUT2D eigenvalue weighted by Gasteiger charge is -2.50. The van der Waals surface area contributed by atoms with E-state index in [0.717, 1.165) is 45.1 Å². The van der Waals surface area contributed by atoms with E-state index in [1.54, 1.807) is 0 Å². The largest absolute Gasteiger partial charge is 0.469 e. The zero-order chi connectivity index (χ0) is 14.6. The molecule has 22 heavy (non-hydrogen) atoms. The molecule has 0 amide bonds. The van der Waals surface area contributed by atoms with Crippen LogP contribution in [0.25, 0.3) is 0 Å². The SMILES string of the molecule is c1nc2c(cc1N1CCOCC1)C[C@]1(CN3CCC1CC3)O2. The van der Waals surface area contributed by atoms with Crippen molar-refractivity contribution in [3.05, 3.63) is 17.8 Å². The van der Waals surface area contributed by atoms with Crippen LogP contribution in [0.4, 0.5) is 5.69 Å². The first-order valence-electron chi connectivity index (χ1n) is 8.55. The highest BCUT2D eigenvalue weighted by Gasteiger charge is 2.52. The number of hydrogen-bond acceptors (Lipinski definition) is 5. The van der Waals surface area contributed by atoms with E-state index in [1.165, 1.54) is 37.2 Å². The molecule has 0 aliphatic carbocycles. The van der Waals surface area contributed by atoms with Crippen LogP contribution in [0, 0.1) is 5.92 Å². The van der Waals surface area contributed by atoms with Crippen LogP contribution in [0.3, 0.4) is 0 Å². The van der Waals surface area contributed by atoms with Gasteiger partial charge in [-0.15, -0.1) is 0 Å². The van der Waals surface area contributed by atoms with Crippen molar-refractivity contribution >= 4 is 5.69 Å². The van der Waals surface area contributed by atoms with E-state index in [9.17, 15) is 0 Å². The van der Waals surface area contributed by atoms with Crippen LogP contribution in [0.1, 0.15) is 18.4 Å². The Hall–Kier alpha value is -1.33. The van der Waals surface area contributed by atoms with Crippen molar-refractivity contribution < 1.29 is 9.47 Å². The molecule has 2 bridgehead atoms. The van der Waals surface area contributed by atoms with Crippen molar-refractivity contribution in [3.63, 3.8) is 0 Å². The molecule has 5 aliphatic rings. The lowest BCUT2D eigenvalue weighted by atomic mass is 9.73. The summed E-state index contributed by atoms with van der Waals surface area (Å²) in [7, 11) is 0. The Kier molecular flexibility index (Phi) is 2.89. The summed E-state index contributed by atoms with van der Waals surface area (Å²) in [4.78, 5) is 9.58. The minimum absolute atomic E-state index is 0.00939. The summed E-state index contributed by atoms with van der Waals surface area (Å²) in [6.07, 6.45) is 5.58. The molecule has 6 heterocycles. The fraction of sp³-hybridized carbons (Fsp3) is 0.706. The molecule has 0 unspecified atom stereocenters. The van der Waals surface area contributed by atoms with Crippen molar-refractivity contribution in [3.8, 4) is 5.88 Å². The average molecular weight is 301 g/mol. The highest BCUT2D eigenvalue weighted by molar-refractivity contribution is 5.51. The van der Waals surface area contributed by atoms with E-state index >= 15 is 0 Å². The summed E-state index contributed by atoms with van der Waals surface area (Å²) in [6.45, 7) is 7.13. The number of fused-ring (bicyclic) bond motifs is 3. The lowest BCUT2D eigenvalue weighted by Crippen LogP contribution is -2.61. The van der Waals surface area contributed by atoms with Gasteiger partial charge in [0, 0.05) is 37.5 Å². The van der Waals surface area contributed by atoms with E-state index in [2.05, 4.69) is 20.9 Å². The molecule has 5 heteroatoms. The molecule has 1 spiro atoms. The number of rotatable bonds is 1. The molecule has 0 N–H and O–H groups in total. The Morgan fingerprint density at radius 1 is 1.14 bits per heavy atom. The van der Waals surface area contributed by atoms with Gasteiger partial charge in [-0.1, -0.05) is 0 Å². The van der Waals surface area contributed by atoms with Crippen LogP contribution in [0.5, 0.6) is 5.88 Å². The van der Waals surface area contributed by atoms with Crippen LogP contribution in [-0.4, -0.2) is 61.4 Å². The number of nitrogens with zero attached hydrogens (tertiary/aromatic N) is 3. The highest BCUT2D eigenvalue weighted by Crippen LogP contribution is 2.46. The fourth-order valence-corrected chi connectivity index (χ4v) is 4.69. The van der Waals surface area contributed by atoms with Gasteiger partial charge < -0.3 is 14.4 Å². The predicted molar refractivity (Wildman–Crippen MR) is 83.5 cm³/mol. The second-order valence-corrected chi connectivity index (χ2v) is 7.15. The van der Waals surface area contributed by atoms with Gasteiger partial charge >= 0.3 is 0 Å². The van der Waals surface area contributed by atoms with Gasteiger partial charge in [-0.2, -0.15) is 0 Å². The standard InChI is InChI=1S/C17H23N3O2/c1-3-19-4-2-14(1)17(12-19)10-13-9-15(11-18-16(13)22-17)20-5-7-21-8-6-20/h9,11,14H,1-8,10,12H2/t17-/m1/s1. The second-order valence-electron chi connectivity index (χ2n) is 7.15. The summed E-state index contributed by atoms with van der Waals surface area (Å²) in [6, 6.07) is 2.31. The fourth-order valence-electron chi connectivity index (χ4n) is 4.69. The molecule has 5 aliphatic heterocycles. The average Bonchev–Trinajstić information content (AvgIpc) is 2.93. The smallest absolute Gasteiger partial charge is 0.217 e. The van der Waals surface area contributed by atoms with Gasteiger partial charge in [-0.25, -0.2) is 4.98 Å². The molecule has 1 atom stereocenters. The Morgan fingerprint density at radius 2 is 1.95 bits per heavy atom. The molecule has 0 radical (unpaired) electrons. The van der Waals surface area contributed by atoms with Crippen molar-refractivity contribution in [2.45, 2.75) is 24.9 Å². The predicted octanol–water partition coefficient (Wildman–Crippen LogP) is 1.32. The molecule has 6 rings (SSSR count).